The van der Waals surface area contributed by atoms with Crippen LogP contribution in [0.1, 0.15) is 36.9 Å². The number of hydrogen-bond acceptors (Lipinski definition) is 6. The van der Waals surface area contributed by atoms with Gasteiger partial charge in [-0.3, -0.25) is 19.1 Å². The molecule has 37 heavy (non-hydrogen) atoms. The standard InChI is InChI=1S/C27H32ClN3O6/c1-4-12-30(22(17-26(33)34)20-6-8-21(28)9-7-20)18-19-5-10-23(24(16-19)36-3)37-15-14-31-25(32)11-13-29(2)27(31)35/h5-11,13,16,22H,4,12,14-15,17-18H2,1-3H3,(H,33,34). The third-order valence-electron chi connectivity index (χ3n) is 6.00. The quantitative estimate of drug-likeness (QED) is 0.360. The number of aromatic nitrogens is 2. The van der Waals surface area contributed by atoms with Gasteiger partial charge in [0.1, 0.15) is 6.61 Å². The molecule has 3 aromatic rings. The molecule has 0 fully saturated rings. The molecule has 0 saturated heterocycles. The molecule has 1 N–H and O–H groups in total. The second-order valence-corrected chi connectivity index (χ2v) is 9.10. The van der Waals surface area contributed by atoms with Crippen molar-refractivity contribution in [2.75, 3.05) is 20.3 Å². The predicted molar refractivity (Wildman–Crippen MR) is 142 cm³/mol. The third kappa shape index (κ3) is 7.47. The summed E-state index contributed by atoms with van der Waals surface area (Å²) < 4.78 is 13.8. The number of methoxy groups -OCH3 is 1. The minimum atomic E-state index is -0.880. The largest absolute Gasteiger partial charge is 0.493 e. The highest BCUT2D eigenvalue weighted by atomic mass is 35.5. The SMILES string of the molecule is CCCN(Cc1ccc(OCCn2c(=O)ccn(C)c2=O)c(OC)c1)C(CC(=O)O)c1ccc(Cl)cc1. The summed E-state index contributed by atoms with van der Waals surface area (Å²) in [6.07, 6.45) is 2.23. The van der Waals surface area contributed by atoms with Crippen molar-refractivity contribution >= 4 is 17.6 Å². The Hall–Kier alpha value is -3.56. The van der Waals surface area contributed by atoms with E-state index in [4.69, 9.17) is 21.1 Å². The molecule has 1 atom stereocenters. The molecule has 0 bridgehead atoms. The van der Waals surface area contributed by atoms with Crippen LogP contribution in [-0.2, 0) is 24.9 Å². The van der Waals surface area contributed by atoms with E-state index in [1.807, 2.05) is 24.3 Å². The highest BCUT2D eigenvalue weighted by molar-refractivity contribution is 6.30. The van der Waals surface area contributed by atoms with Crippen molar-refractivity contribution in [2.45, 2.75) is 38.9 Å². The van der Waals surface area contributed by atoms with Gasteiger partial charge in [-0.1, -0.05) is 36.7 Å². The van der Waals surface area contributed by atoms with Gasteiger partial charge in [-0.05, 0) is 48.4 Å². The fraction of sp³-hybridized carbons (Fsp3) is 0.370. The molecular formula is C27H32ClN3O6. The summed E-state index contributed by atoms with van der Waals surface area (Å²) in [6.45, 7) is 3.45. The fourth-order valence-electron chi connectivity index (χ4n) is 4.17. The maximum absolute atomic E-state index is 12.2. The van der Waals surface area contributed by atoms with Gasteiger partial charge in [0.25, 0.3) is 5.56 Å². The summed E-state index contributed by atoms with van der Waals surface area (Å²) in [5, 5.41) is 10.2. The lowest BCUT2D eigenvalue weighted by atomic mass is 10.0. The van der Waals surface area contributed by atoms with Crippen LogP contribution in [0, 0.1) is 0 Å². The lowest BCUT2D eigenvalue weighted by Crippen LogP contribution is -2.39. The van der Waals surface area contributed by atoms with Crippen molar-refractivity contribution in [3.8, 4) is 11.5 Å². The van der Waals surface area contributed by atoms with Gasteiger partial charge in [-0.2, -0.15) is 0 Å². The maximum atomic E-state index is 12.2. The lowest BCUT2D eigenvalue weighted by molar-refractivity contribution is -0.138. The molecule has 198 valence electrons. The van der Waals surface area contributed by atoms with Gasteiger partial charge in [0, 0.05) is 36.9 Å². The van der Waals surface area contributed by atoms with Gasteiger partial charge in [0.05, 0.1) is 20.1 Å². The topological polar surface area (TPSA) is 103 Å². The number of carboxylic acid groups (broad SMARTS) is 1. The zero-order valence-corrected chi connectivity index (χ0v) is 22.0. The zero-order chi connectivity index (χ0) is 26.9. The molecule has 1 aromatic heterocycles. The van der Waals surface area contributed by atoms with E-state index in [0.717, 1.165) is 22.1 Å². The van der Waals surface area contributed by atoms with E-state index in [-0.39, 0.29) is 31.2 Å². The van der Waals surface area contributed by atoms with Crippen LogP contribution in [0.15, 0.2) is 64.3 Å². The second-order valence-electron chi connectivity index (χ2n) is 8.67. The molecule has 1 heterocycles. The Labute approximate surface area is 220 Å². The van der Waals surface area contributed by atoms with Crippen molar-refractivity contribution in [1.29, 1.82) is 0 Å². The molecule has 0 aliphatic rings. The van der Waals surface area contributed by atoms with Crippen LogP contribution >= 0.6 is 11.6 Å². The van der Waals surface area contributed by atoms with E-state index in [2.05, 4.69) is 11.8 Å². The molecule has 0 saturated carbocycles. The molecule has 0 aliphatic heterocycles. The number of hydrogen-bond donors (Lipinski definition) is 1. The summed E-state index contributed by atoms with van der Waals surface area (Å²) in [7, 11) is 3.12. The van der Waals surface area contributed by atoms with Crippen molar-refractivity contribution in [2.24, 2.45) is 7.05 Å². The monoisotopic (exact) mass is 529 g/mol. The van der Waals surface area contributed by atoms with Gasteiger partial charge in [-0.15, -0.1) is 0 Å². The first-order valence-corrected chi connectivity index (χ1v) is 12.4. The number of ether oxygens (including phenoxy) is 2. The summed E-state index contributed by atoms with van der Waals surface area (Å²) in [4.78, 5) is 38.0. The number of carboxylic acids is 1. The number of nitrogens with zero attached hydrogens (tertiary/aromatic N) is 3. The van der Waals surface area contributed by atoms with Crippen LogP contribution in [0.25, 0.3) is 0 Å². The molecule has 3 rings (SSSR count). The van der Waals surface area contributed by atoms with Gasteiger partial charge >= 0.3 is 11.7 Å². The van der Waals surface area contributed by atoms with Gasteiger partial charge in [0.15, 0.2) is 11.5 Å². The normalized spacial score (nSPS) is 11.9. The Balaban J connectivity index is 1.78. The zero-order valence-electron chi connectivity index (χ0n) is 21.2. The summed E-state index contributed by atoms with van der Waals surface area (Å²) in [5.41, 5.74) is 1.01. The molecule has 9 nitrogen and oxygen atoms in total. The van der Waals surface area contributed by atoms with E-state index in [1.54, 1.807) is 25.2 Å². The van der Waals surface area contributed by atoms with Crippen LogP contribution in [0.2, 0.25) is 5.02 Å². The molecule has 2 aromatic carbocycles. The first-order chi connectivity index (χ1) is 17.7. The molecule has 10 heteroatoms. The van der Waals surface area contributed by atoms with Crippen LogP contribution in [0.5, 0.6) is 11.5 Å². The lowest BCUT2D eigenvalue weighted by Gasteiger charge is -2.31. The van der Waals surface area contributed by atoms with Crippen LogP contribution in [0.3, 0.4) is 0 Å². The molecule has 0 radical (unpaired) electrons. The fourth-order valence-corrected chi connectivity index (χ4v) is 4.30. The van der Waals surface area contributed by atoms with Gasteiger partial charge < -0.3 is 19.1 Å². The average Bonchev–Trinajstić information content (AvgIpc) is 2.87. The Kier molecular flexibility index (Phi) is 9.93. The van der Waals surface area contributed by atoms with E-state index in [1.165, 1.54) is 23.9 Å². The number of benzene rings is 2. The van der Waals surface area contributed by atoms with Crippen LogP contribution < -0.4 is 20.7 Å². The van der Waals surface area contributed by atoms with Crippen LogP contribution in [0.4, 0.5) is 0 Å². The van der Waals surface area contributed by atoms with E-state index in [9.17, 15) is 19.5 Å². The second kappa shape index (κ2) is 13.1. The minimum Gasteiger partial charge on any atom is -0.493 e. The minimum absolute atomic E-state index is 0.0434. The van der Waals surface area contributed by atoms with Crippen molar-refractivity contribution in [1.82, 2.24) is 14.0 Å². The predicted octanol–water partition coefficient (Wildman–Crippen LogP) is 3.72. The summed E-state index contributed by atoms with van der Waals surface area (Å²) in [6, 6.07) is 13.8. The van der Waals surface area contributed by atoms with Gasteiger partial charge in [0.2, 0.25) is 0 Å². The first kappa shape index (κ1) is 28.0. The van der Waals surface area contributed by atoms with Crippen molar-refractivity contribution in [3.63, 3.8) is 0 Å². The first-order valence-electron chi connectivity index (χ1n) is 12.0. The molecular weight excluding hydrogens is 498 g/mol. The van der Waals surface area contributed by atoms with E-state index in [0.29, 0.717) is 29.6 Å². The van der Waals surface area contributed by atoms with Crippen molar-refractivity contribution < 1.29 is 19.4 Å². The maximum Gasteiger partial charge on any atom is 0.330 e. The summed E-state index contributed by atoms with van der Waals surface area (Å²) >= 11 is 6.05. The number of halogens is 1. The van der Waals surface area contributed by atoms with E-state index >= 15 is 0 Å². The molecule has 0 spiro atoms. The van der Waals surface area contributed by atoms with Crippen LogP contribution in [-0.4, -0.2) is 45.4 Å². The molecule has 1 unspecified atom stereocenters. The number of aliphatic carboxylic acids is 1. The Morgan fingerprint density at radius 2 is 1.84 bits per heavy atom. The Morgan fingerprint density at radius 3 is 2.49 bits per heavy atom. The van der Waals surface area contributed by atoms with Crippen molar-refractivity contribution in [3.05, 3.63) is 91.7 Å². The molecule has 0 amide bonds. The highest BCUT2D eigenvalue weighted by Crippen LogP contribution is 2.32. The smallest absolute Gasteiger partial charge is 0.330 e. The number of carbonyl (C=O) groups is 1. The highest BCUT2D eigenvalue weighted by Gasteiger charge is 2.23. The Bertz CT molecular complexity index is 1320. The molecule has 0 aliphatic carbocycles. The number of rotatable bonds is 13. The third-order valence-corrected chi connectivity index (χ3v) is 6.25. The Morgan fingerprint density at radius 1 is 1.11 bits per heavy atom. The average molecular weight is 530 g/mol. The van der Waals surface area contributed by atoms with Gasteiger partial charge in [-0.25, -0.2) is 4.79 Å². The summed E-state index contributed by atoms with van der Waals surface area (Å²) in [5.74, 6) is 0.104. The number of aryl methyl sites for hydroxylation is 1. The van der Waals surface area contributed by atoms with E-state index < -0.39 is 11.7 Å².